The number of benzene rings is 1. The van der Waals surface area contributed by atoms with Crippen molar-refractivity contribution >= 4 is 6.29 Å². The predicted molar refractivity (Wildman–Crippen MR) is 46.9 cm³/mol. The van der Waals surface area contributed by atoms with Crippen molar-refractivity contribution in [1.82, 2.24) is 0 Å². The molecule has 0 fully saturated rings. The van der Waals surface area contributed by atoms with Crippen molar-refractivity contribution < 1.29 is 9.90 Å². The number of hydrogen-bond acceptors (Lipinski definition) is 2. The number of aliphatic hydroxyl groups excluding tert-OH is 1. The highest BCUT2D eigenvalue weighted by molar-refractivity contribution is 5.51. The maximum atomic E-state index is 10.2. The first-order valence-corrected chi connectivity index (χ1v) is 3.98. The molecule has 0 radical (unpaired) electrons. The second-order valence-corrected chi connectivity index (χ2v) is 2.69. The number of aliphatic hydroxyl groups is 1. The lowest BCUT2D eigenvalue weighted by atomic mass is 9.97. The van der Waals surface area contributed by atoms with Crippen molar-refractivity contribution in [3.63, 3.8) is 0 Å². The Bertz CT molecular complexity index is 231. The molecule has 2 nitrogen and oxygen atoms in total. The van der Waals surface area contributed by atoms with E-state index in [1.807, 2.05) is 30.3 Å². The summed E-state index contributed by atoms with van der Waals surface area (Å²) in [5, 5.41) is 8.95. The molecule has 64 valence electrons. The number of carbonyl (C=O) groups excluding carboxylic acids is 1. The molecule has 1 N–H and O–H groups in total. The molecular weight excluding hydrogens is 152 g/mol. The summed E-state index contributed by atoms with van der Waals surface area (Å²) in [6.07, 6.45) is 1.23. The summed E-state index contributed by atoms with van der Waals surface area (Å²) in [6.45, 7) is 0.0305. The van der Waals surface area contributed by atoms with Crippen LogP contribution in [0.3, 0.4) is 0 Å². The van der Waals surface area contributed by atoms with Gasteiger partial charge < -0.3 is 9.90 Å². The minimum atomic E-state index is -0.0382. The van der Waals surface area contributed by atoms with Gasteiger partial charge in [0.2, 0.25) is 0 Å². The largest absolute Gasteiger partial charge is 0.396 e. The van der Waals surface area contributed by atoms with E-state index in [1.165, 1.54) is 0 Å². The minimum absolute atomic E-state index is 0.0305. The Morgan fingerprint density at radius 2 is 2.00 bits per heavy atom. The quantitative estimate of drug-likeness (QED) is 0.682. The van der Waals surface area contributed by atoms with Gasteiger partial charge in [-0.25, -0.2) is 0 Å². The molecule has 0 aliphatic rings. The number of aldehydes is 1. The van der Waals surface area contributed by atoms with Gasteiger partial charge in [-0.1, -0.05) is 30.3 Å². The molecule has 12 heavy (non-hydrogen) atoms. The molecule has 1 rings (SSSR count). The summed E-state index contributed by atoms with van der Waals surface area (Å²) in [5.74, 6) is -0.0382. The molecule has 1 unspecified atom stereocenters. The summed E-state index contributed by atoms with van der Waals surface area (Å²) in [7, 11) is 0. The molecule has 0 bridgehead atoms. The maximum absolute atomic E-state index is 10.2. The molecule has 0 saturated carbocycles. The highest BCUT2D eigenvalue weighted by Crippen LogP contribution is 2.16. The van der Waals surface area contributed by atoms with E-state index in [0.717, 1.165) is 11.8 Å². The predicted octanol–water partition coefficient (Wildman–Crippen LogP) is 1.35. The van der Waals surface area contributed by atoms with E-state index >= 15 is 0 Å². The van der Waals surface area contributed by atoms with Crippen molar-refractivity contribution in [2.75, 3.05) is 6.61 Å². The summed E-state index contributed by atoms with van der Waals surface area (Å²) in [6, 6.07) is 9.57. The third-order valence-corrected chi connectivity index (χ3v) is 1.87. The van der Waals surface area contributed by atoms with E-state index in [1.54, 1.807) is 0 Å². The Balaban J connectivity index is 2.72. The van der Waals surface area contributed by atoms with E-state index in [0.29, 0.717) is 6.42 Å². The fraction of sp³-hybridized carbons (Fsp3) is 0.300. The van der Waals surface area contributed by atoms with Gasteiger partial charge in [0.05, 0.1) is 6.61 Å². The van der Waals surface area contributed by atoms with Crippen LogP contribution in [0.25, 0.3) is 0 Å². The van der Waals surface area contributed by atoms with Crippen LogP contribution in [0.5, 0.6) is 0 Å². The van der Waals surface area contributed by atoms with Crippen molar-refractivity contribution in [1.29, 1.82) is 0 Å². The number of rotatable bonds is 4. The van der Waals surface area contributed by atoms with Gasteiger partial charge in [0, 0.05) is 12.3 Å². The van der Waals surface area contributed by atoms with E-state index < -0.39 is 0 Å². The summed E-state index contributed by atoms with van der Waals surface area (Å²) < 4.78 is 0. The molecule has 0 aliphatic heterocycles. The van der Waals surface area contributed by atoms with Crippen LogP contribution in [0.4, 0.5) is 0 Å². The normalized spacial score (nSPS) is 12.4. The lowest BCUT2D eigenvalue weighted by Gasteiger charge is -2.09. The van der Waals surface area contributed by atoms with Crippen molar-refractivity contribution in [2.45, 2.75) is 12.3 Å². The standard InChI is InChI=1S/C10H12O2/c11-7-6-10(8-12)9-4-2-1-3-5-9/h1-5,7,10,12H,6,8H2. The van der Waals surface area contributed by atoms with Gasteiger partial charge in [-0.05, 0) is 5.56 Å². The van der Waals surface area contributed by atoms with Crippen LogP contribution >= 0.6 is 0 Å². The van der Waals surface area contributed by atoms with Crippen LogP contribution in [0, 0.1) is 0 Å². The Morgan fingerprint density at radius 3 is 2.50 bits per heavy atom. The molecule has 0 saturated heterocycles. The van der Waals surface area contributed by atoms with Crippen molar-refractivity contribution in [3.8, 4) is 0 Å². The van der Waals surface area contributed by atoms with Crippen LogP contribution in [0.15, 0.2) is 30.3 Å². The SMILES string of the molecule is O=CCC(CO)c1ccccc1. The summed E-state index contributed by atoms with van der Waals surface area (Å²) in [5.41, 5.74) is 1.02. The zero-order chi connectivity index (χ0) is 8.81. The highest BCUT2D eigenvalue weighted by Gasteiger charge is 2.07. The topological polar surface area (TPSA) is 37.3 Å². The smallest absolute Gasteiger partial charge is 0.120 e. The van der Waals surface area contributed by atoms with E-state index in [4.69, 9.17) is 5.11 Å². The summed E-state index contributed by atoms with van der Waals surface area (Å²) in [4.78, 5) is 10.2. The van der Waals surface area contributed by atoms with Crippen LogP contribution in [-0.2, 0) is 4.79 Å². The average Bonchev–Trinajstić information content (AvgIpc) is 2.15. The van der Waals surface area contributed by atoms with E-state index in [9.17, 15) is 4.79 Å². The van der Waals surface area contributed by atoms with Gasteiger partial charge in [0.25, 0.3) is 0 Å². The molecular formula is C10H12O2. The Kier molecular flexibility index (Phi) is 3.48. The molecule has 2 heteroatoms. The van der Waals surface area contributed by atoms with Gasteiger partial charge in [0.15, 0.2) is 0 Å². The zero-order valence-corrected chi connectivity index (χ0v) is 6.81. The Hall–Kier alpha value is -1.15. The first-order valence-electron chi connectivity index (χ1n) is 3.98. The molecule has 1 aromatic carbocycles. The second kappa shape index (κ2) is 4.67. The third kappa shape index (κ3) is 2.17. The molecule has 0 heterocycles. The first-order chi connectivity index (χ1) is 5.88. The number of carbonyl (C=O) groups is 1. The lowest BCUT2D eigenvalue weighted by Crippen LogP contribution is -2.04. The average molecular weight is 164 g/mol. The first kappa shape index (κ1) is 8.94. The molecule has 1 aromatic rings. The van der Waals surface area contributed by atoms with Crippen LogP contribution in [-0.4, -0.2) is 18.0 Å². The zero-order valence-electron chi connectivity index (χ0n) is 6.81. The third-order valence-electron chi connectivity index (χ3n) is 1.87. The van der Waals surface area contributed by atoms with Crippen LogP contribution in [0.2, 0.25) is 0 Å². The molecule has 0 aliphatic carbocycles. The van der Waals surface area contributed by atoms with Gasteiger partial charge >= 0.3 is 0 Å². The van der Waals surface area contributed by atoms with Crippen LogP contribution < -0.4 is 0 Å². The van der Waals surface area contributed by atoms with Crippen molar-refractivity contribution in [2.24, 2.45) is 0 Å². The molecule has 1 atom stereocenters. The Morgan fingerprint density at radius 1 is 1.33 bits per heavy atom. The lowest BCUT2D eigenvalue weighted by molar-refractivity contribution is -0.108. The molecule has 0 amide bonds. The summed E-state index contributed by atoms with van der Waals surface area (Å²) >= 11 is 0. The van der Waals surface area contributed by atoms with E-state index in [-0.39, 0.29) is 12.5 Å². The van der Waals surface area contributed by atoms with Crippen LogP contribution in [0.1, 0.15) is 17.9 Å². The van der Waals surface area contributed by atoms with Gasteiger partial charge in [-0.3, -0.25) is 0 Å². The minimum Gasteiger partial charge on any atom is -0.396 e. The Labute approximate surface area is 71.8 Å². The van der Waals surface area contributed by atoms with Crippen molar-refractivity contribution in [3.05, 3.63) is 35.9 Å². The number of hydrogen-bond donors (Lipinski definition) is 1. The fourth-order valence-corrected chi connectivity index (χ4v) is 1.16. The fourth-order valence-electron chi connectivity index (χ4n) is 1.16. The highest BCUT2D eigenvalue weighted by atomic mass is 16.3. The second-order valence-electron chi connectivity index (χ2n) is 2.69. The molecule has 0 spiro atoms. The van der Waals surface area contributed by atoms with Gasteiger partial charge in [-0.2, -0.15) is 0 Å². The van der Waals surface area contributed by atoms with Gasteiger partial charge in [0.1, 0.15) is 6.29 Å². The van der Waals surface area contributed by atoms with Gasteiger partial charge in [-0.15, -0.1) is 0 Å². The molecule has 0 aromatic heterocycles. The monoisotopic (exact) mass is 164 g/mol. The maximum Gasteiger partial charge on any atom is 0.120 e. The van der Waals surface area contributed by atoms with E-state index in [2.05, 4.69) is 0 Å².